The Morgan fingerprint density at radius 3 is 2.39 bits per heavy atom. The maximum Gasteiger partial charge on any atom is 0.170 e. The van der Waals surface area contributed by atoms with Gasteiger partial charge in [-0.1, -0.05) is 20.8 Å². The van der Waals surface area contributed by atoms with Crippen molar-refractivity contribution in [2.75, 3.05) is 6.61 Å². The molecule has 0 unspecified atom stereocenters. The second-order valence-corrected chi connectivity index (χ2v) is 10.8. The third-order valence-electron chi connectivity index (χ3n) is 9.85. The van der Waals surface area contributed by atoms with Crippen molar-refractivity contribution in [3.63, 3.8) is 0 Å². The van der Waals surface area contributed by atoms with Crippen LogP contribution in [0.3, 0.4) is 0 Å². The van der Waals surface area contributed by atoms with E-state index >= 15 is 0 Å². The summed E-state index contributed by atoms with van der Waals surface area (Å²) in [6.07, 6.45) is 9.76. The molecule has 4 saturated carbocycles. The molecule has 0 amide bonds. The normalized spacial score (nSPS) is 67.3. The number of ether oxygens (including phenoxy) is 2. The summed E-state index contributed by atoms with van der Waals surface area (Å²) in [4.78, 5) is 0. The molecule has 4 bridgehead atoms. The van der Waals surface area contributed by atoms with E-state index in [4.69, 9.17) is 9.47 Å². The molecule has 0 radical (unpaired) electrons. The number of aliphatic hydroxyl groups is 1. The molecule has 2 spiro atoms. The van der Waals surface area contributed by atoms with E-state index in [-0.39, 0.29) is 5.41 Å². The van der Waals surface area contributed by atoms with Crippen LogP contribution in [-0.2, 0) is 9.47 Å². The van der Waals surface area contributed by atoms with Gasteiger partial charge in [0, 0.05) is 22.7 Å². The lowest BCUT2D eigenvalue weighted by atomic mass is 9.38. The first-order valence-corrected chi connectivity index (χ1v) is 9.79. The van der Waals surface area contributed by atoms with Crippen LogP contribution in [0.5, 0.6) is 0 Å². The topological polar surface area (TPSA) is 42.0 Å². The Bertz CT molecular complexity index is 590. The fourth-order valence-corrected chi connectivity index (χ4v) is 8.76. The zero-order valence-electron chi connectivity index (χ0n) is 14.7. The van der Waals surface area contributed by atoms with E-state index in [9.17, 15) is 5.11 Å². The SMILES string of the molecule is CC1(C)[C@@H]2CC[C@@]34C[C@@](C)(CC[C@@H]3[C@@]23CC[C@]1(O)OC3)[C@@H]1O[C@@H]14. The molecule has 3 heterocycles. The van der Waals surface area contributed by atoms with Crippen LogP contribution in [0.1, 0.15) is 65.7 Å². The van der Waals surface area contributed by atoms with E-state index in [1.165, 1.54) is 32.1 Å². The van der Waals surface area contributed by atoms with E-state index in [1.54, 1.807) is 0 Å². The van der Waals surface area contributed by atoms with Gasteiger partial charge in [-0.3, -0.25) is 0 Å². The van der Waals surface area contributed by atoms with E-state index in [0.717, 1.165) is 25.4 Å². The molecule has 128 valence electrons. The van der Waals surface area contributed by atoms with Gasteiger partial charge in [-0.25, -0.2) is 0 Å². The summed E-state index contributed by atoms with van der Waals surface area (Å²) in [5.74, 6) is 0.477. The molecular formula is C20H30O3. The van der Waals surface area contributed by atoms with Crippen molar-refractivity contribution < 1.29 is 14.6 Å². The highest BCUT2D eigenvalue weighted by molar-refractivity contribution is 5.27. The minimum absolute atomic E-state index is 0.117. The predicted octanol–water partition coefficient (Wildman–Crippen LogP) is 3.50. The first-order chi connectivity index (χ1) is 10.8. The van der Waals surface area contributed by atoms with Gasteiger partial charge in [0.2, 0.25) is 0 Å². The lowest BCUT2D eigenvalue weighted by Gasteiger charge is -2.71. The maximum absolute atomic E-state index is 11.1. The van der Waals surface area contributed by atoms with Crippen molar-refractivity contribution in [2.24, 2.45) is 33.5 Å². The van der Waals surface area contributed by atoms with Crippen LogP contribution in [-0.4, -0.2) is 29.7 Å². The number of fused-ring (bicyclic) bond motifs is 5. The molecular weight excluding hydrogens is 288 g/mol. The van der Waals surface area contributed by atoms with Crippen LogP contribution in [0, 0.1) is 33.5 Å². The number of rotatable bonds is 0. The fraction of sp³-hybridized carbons (Fsp3) is 1.00. The summed E-state index contributed by atoms with van der Waals surface area (Å²) in [7, 11) is 0. The fourth-order valence-electron chi connectivity index (χ4n) is 8.76. The number of epoxide rings is 1. The van der Waals surface area contributed by atoms with Crippen molar-refractivity contribution in [2.45, 2.75) is 83.7 Å². The zero-order valence-corrected chi connectivity index (χ0v) is 14.7. The number of hydrogen-bond donors (Lipinski definition) is 1. The van der Waals surface area contributed by atoms with E-state index < -0.39 is 5.79 Å². The Morgan fingerprint density at radius 1 is 0.870 bits per heavy atom. The Hall–Kier alpha value is -0.120. The lowest BCUT2D eigenvalue weighted by molar-refractivity contribution is -0.395. The molecule has 0 aromatic heterocycles. The van der Waals surface area contributed by atoms with E-state index in [1.807, 2.05) is 0 Å². The Labute approximate surface area is 139 Å². The molecule has 7 fully saturated rings. The molecule has 0 aromatic carbocycles. The van der Waals surface area contributed by atoms with Gasteiger partial charge in [0.05, 0.1) is 18.8 Å². The predicted molar refractivity (Wildman–Crippen MR) is 85.6 cm³/mol. The number of hydrogen-bond acceptors (Lipinski definition) is 3. The summed E-state index contributed by atoms with van der Waals surface area (Å²) in [6, 6.07) is 0. The van der Waals surface area contributed by atoms with Crippen LogP contribution >= 0.6 is 0 Å². The third kappa shape index (κ3) is 1.26. The minimum atomic E-state index is -0.888. The average Bonchev–Trinajstić information content (AvgIpc) is 3.27. The molecule has 23 heavy (non-hydrogen) atoms. The summed E-state index contributed by atoms with van der Waals surface area (Å²) >= 11 is 0. The minimum Gasteiger partial charge on any atom is -0.368 e. The molecule has 3 nitrogen and oxygen atoms in total. The third-order valence-corrected chi connectivity index (χ3v) is 9.85. The largest absolute Gasteiger partial charge is 0.368 e. The molecule has 1 N–H and O–H groups in total. The van der Waals surface area contributed by atoms with Gasteiger partial charge in [-0.2, -0.15) is 0 Å². The van der Waals surface area contributed by atoms with Crippen molar-refractivity contribution in [3.8, 4) is 0 Å². The summed E-state index contributed by atoms with van der Waals surface area (Å²) in [6.45, 7) is 7.80. The summed E-state index contributed by atoms with van der Waals surface area (Å²) in [5, 5.41) is 11.1. The van der Waals surface area contributed by atoms with Gasteiger partial charge in [-0.15, -0.1) is 0 Å². The molecule has 0 aromatic rings. The van der Waals surface area contributed by atoms with Crippen LogP contribution in [0.2, 0.25) is 0 Å². The summed E-state index contributed by atoms with van der Waals surface area (Å²) < 4.78 is 12.4. The second-order valence-electron chi connectivity index (χ2n) is 10.8. The highest BCUT2D eigenvalue weighted by Crippen LogP contribution is 2.79. The van der Waals surface area contributed by atoms with Gasteiger partial charge in [0.25, 0.3) is 0 Å². The molecule has 3 saturated heterocycles. The highest BCUT2D eigenvalue weighted by Gasteiger charge is 2.80. The van der Waals surface area contributed by atoms with Gasteiger partial charge in [-0.05, 0) is 55.8 Å². The van der Waals surface area contributed by atoms with Gasteiger partial charge >= 0.3 is 0 Å². The average molecular weight is 318 g/mol. The van der Waals surface area contributed by atoms with E-state index in [2.05, 4.69) is 20.8 Å². The van der Waals surface area contributed by atoms with Crippen LogP contribution in [0.15, 0.2) is 0 Å². The first kappa shape index (κ1) is 14.1. The second kappa shape index (κ2) is 3.54. The quantitative estimate of drug-likeness (QED) is 0.695. The Kier molecular flexibility index (Phi) is 2.17. The van der Waals surface area contributed by atoms with Gasteiger partial charge < -0.3 is 14.6 Å². The van der Waals surface area contributed by atoms with Crippen molar-refractivity contribution >= 4 is 0 Å². The monoisotopic (exact) mass is 318 g/mol. The summed E-state index contributed by atoms with van der Waals surface area (Å²) in [5.41, 5.74) is 1.06. The van der Waals surface area contributed by atoms with Gasteiger partial charge in [0.1, 0.15) is 0 Å². The van der Waals surface area contributed by atoms with Crippen molar-refractivity contribution in [1.29, 1.82) is 0 Å². The smallest absolute Gasteiger partial charge is 0.170 e. The maximum atomic E-state index is 11.1. The molecule has 3 aliphatic heterocycles. The van der Waals surface area contributed by atoms with Crippen molar-refractivity contribution in [1.82, 2.24) is 0 Å². The Morgan fingerprint density at radius 2 is 1.65 bits per heavy atom. The molecule has 7 rings (SSSR count). The molecule has 4 aliphatic carbocycles. The Balaban J connectivity index is 1.49. The van der Waals surface area contributed by atoms with Crippen molar-refractivity contribution in [3.05, 3.63) is 0 Å². The molecule has 7 aliphatic rings. The van der Waals surface area contributed by atoms with Crippen LogP contribution < -0.4 is 0 Å². The highest BCUT2D eigenvalue weighted by atomic mass is 16.6. The standard InChI is InChI=1S/C20H30O3/c1-16(2)12-5-7-18-10-17(3,14-15(18)23-14)6-4-13(18)19(12)8-9-20(16,21)22-11-19/h12-15,21H,4-11H2,1-3H3/t12-,13-,14+,15-,17+,18+,19+,20-/m0/s1. The lowest BCUT2D eigenvalue weighted by Crippen LogP contribution is -2.72. The van der Waals surface area contributed by atoms with Crippen LogP contribution in [0.4, 0.5) is 0 Å². The first-order valence-electron chi connectivity index (χ1n) is 9.79. The van der Waals surface area contributed by atoms with E-state index in [0.29, 0.717) is 34.4 Å². The zero-order chi connectivity index (χ0) is 15.9. The van der Waals surface area contributed by atoms with Crippen LogP contribution in [0.25, 0.3) is 0 Å². The van der Waals surface area contributed by atoms with Gasteiger partial charge in [0.15, 0.2) is 5.79 Å². The molecule has 8 atom stereocenters. The molecule has 3 heteroatoms.